The Morgan fingerprint density at radius 3 is 2.75 bits per heavy atom. The second-order valence-electron chi connectivity index (χ2n) is 6.75. The van der Waals surface area contributed by atoms with Gasteiger partial charge >= 0.3 is 0 Å². The molecule has 0 aromatic carbocycles. The fourth-order valence-corrected chi connectivity index (χ4v) is 3.03. The second-order valence-corrected chi connectivity index (χ2v) is 6.75. The maximum absolute atomic E-state index is 12.4. The monoisotopic (exact) mass is 375 g/mol. The molecule has 28 heavy (non-hydrogen) atoms. The molecule has 8 heteroatoms. The number of hydrogen-bond acceptors (Lipinski definition) is 5. The van der Waals surface area contributed by atoms with E-state index in [1.54, 1.807) is 33.9 Å². The van der Waals surface area contributed by atoms with Crippen LogP contribution in [-0.2, 0) is 6.42 Å². The van der Waals surface area contributed by atoms with E-state index in [4.69, 9.17) is 0 Å². The molecule has 0 unspecified atom stereocenters. The predicted molar refractivity (Wildman–Crippen MR) is 105 cm³/mol. The summed E-state index contributed by atoms with van der Waals surface area (Å²) in [6.07, 6.45) is 7.65. The Balaban J connectivity index is 1.42. The number of rotatable bonds is 6. The van der Waals surface area contributed by atoms with Crippen molar-refractivity contribution in [1.82, 2.24) is 34.7 Å². The fourth-order valence-electron chi connectivity index (χ4n) is 3.03. The Labute approximate surface area is 162 Å². The quantitative estimate of drug-likeness (QED) is 0.559. The highest BCUT2D eigenvalue weighted by molar-refractivity contribution is 5.92. The zero-order chi connectivity index (χ0) is 19.5. The first-order valence-electron chi connectivity index (χ1n) is 9.19. The summed E-state index contributed by atoms with van der Waals surface area (Å²) in [5, 5.41) is 11.7. The molecule has 0 aliphatic carbocycles. The molecule has 0 aliphatic rings. The van der Waals surface area contributed by atoms with Gasteiger partial charge in [-0.25, -0.2) is 9.50 Å². The number of nitrogens with one attached hydrogen (secondary N) is 1. The fraction of sp³-hybridized carbons (Fsp3) is 0.250. The topological polar surface area (TPSA) is 90.0 Å². The lowest BCUT2D eigenvalue weighted by Gasteiger charge is -2.10. The number of amides is 1. The highest BCUT2D eigenvalue weighted by atomic mass is 16.2. The van der Waals surface area contributed by atoms with E-state index in [-0.39, 0.29) is 11.9 Å². The Morgan fingerprint density at radius 1 is 1.14 bits per heavy atom. The van der Waals surface area contributed by atoms with Gasteiger partial charge in [0.05, 0.1) is 11.4 Å². The van der Waals surface area contributed by atoms with Gasteiger partial charge in [0.25, 0.3) is 5.91 Å². The minimum Gasteiger partial charge on any atom is -0.350 e. The summed E-state index contributed by atoms with van der Waals surface area (Å²) in [4.78, 5) is 21.1. The van der Waals surface area contributed by atoms with Gasteiger partial charge in [-0.05, 0) is 38.1 Å². The van der Waals surface area contributed by atoms with Gasteiger partial charge in [0.15, 0.2) is 5.65 Å². The van der Waals surface area contributed by atoms with Crippen molar-refractivity contribution in [2.24, 2.45) is 0 Å². The molecule has 1 amide bonds. The summed E-state index contributed by atoms with van der Waals surface area (Å²) >= 11 is 0. The van der Waals surface area contributed by atoms with Crippen molar-refractivity contribution in [3.8, 4) is 11.3 Å². The number of pyridine rings is 1. The molecule has 0 spiro atoms. The molecule has 4 heterocycles. The minimum atomic E-state index is -0.131. The molecule has 4 rings (SSSR count). The third kappa shape index (κ3) is 3.62. The van der Waals surface area contributed by atoms with Crippen LogP contribution in [0.4, 0.5) is 0 Å². The van der Waals surface area contributed by atoms with Crippen LogP contribution >= 0.6 is 0 Å². The number of carbonyl (C=O) groups is 1. The molecule has 0 radical (unpaired) electrons. The molecule has 8 nitrogen and oxygen atoms in total. The molecule has 0 saturated heterocycles. The smallest absolute Gasteiger partial charge is 0.269 e. The standard InChI is InChI=1S/C20H21N7O/c1-14(2)27-18(6-11-23-27)20(28)22-10-5-16-13-19-24-17(7-12-26(19)25-16)15-3-8-21-9-4-15/h3-4,6-9,11-14H,5,10H2,1-2H3,(H,22,28). The van der Waals surface area contributed by atoms with Gasteiger partial charge in [0.2, 0.25) is 0 Å². The lowest BCUT2D eigenvalue weighted by molar-refractivity contribution is 0.0941. The average Bonchev–Trinajstić information content (AvgIpc) is 3.35. The molecule has 4 aromatic heterocycles. The van der Waals surface area contributed by atoms with Crippen molar-refractivity contribution in [2.45, 2.75) is 26.3 Å². The maximum atomic E-state index is 12.4. The second kappa shape index (κ2) is 7.59. The number of aromatic nitrogens is 6. The summed E-state index contributed by atoms with van der Waals surface area (Å²) in [6, 6.07) is 9.57. The molecule has 4 aromatic rings. The highest BCUT2D eigenvalue weighted by Gasteiger charge is 2.14. The van der Waals surface area contributed by atoms with Crippen molar-refractivity contribution >= 4 is 11.6 Å². The van der Waals surface area contributed by atoms with E-state index in [9.17, 15) is 4.79 Å². The van der Waals surface area contributed by atoms with Crippen molar-refractivity contribution < 1.29 is 4.79 Å². The van der Waals surface area contributed by atoms with Gasteiger partial charge in [-0.1, -0.05) is 0 Å². The molecule has 1 N–H and O–H groups in total. The largest absolute Gasteiger partial charge is 0.350 e. The van der Waals surface area contributed by atoms with Crippen molar-refractivity contribution in [1.29, 1.82) is 0 Å². The third-order valence-electron chi connectivity index (χ3n) is 4.41. The zero-order valence-electron chi connectivity index (χ0n) is 15.8. The molecule has 0 saturated carbocycles. The van der Waals surface area contributed by atoms with E-state index in [1.807, 2.05) is 44.3 Å². The van der Waals surface area contributed by atoms with Crippen molar-refractivity contribution in [3.05, 3.63) is 66.5 Å². The van der Waals surface area contributed by atoms with Crippen LogP contribution in [0.25, 0.3) is 16.9 Å². The van der Waals surface area contributed by atoms with E-state index in [1.165, 1.54) is 0 Å². The Morgan fingerprint density at radius 2 is 1.96 bits per heavy atom. The van der Waals surface area contributed by atoms with Crippen LogP contribution in [0.15, 0.2) is 55.1 Å². The molecule has 0 aliphatic heterocycles. The van der Waals surface area contributed by atoms with Crippen LogP contribution in [0, 0.1) is 0 Å². The van der Waals surface area contributed by atoms with E-state index in [0.29, 0.717) is 18.7 Å². The van der Waals surface area contributed by atoms with Crippen LogP contribution in [0.3, 0.4) is 0 Å². The van der Waals surface area contributed by atoms with E-state index >= 15 is 0 Å². The normalized spacial score (nSPS) is 11.2. The van der Waals surface area contributed by atoms with Gasteiger partial charge in [0, 0.05) is 55.4 Å². The first-order chi connectivity index (χ1) is 13.6. The van der Waals surface area contributed by atoms with Crippen molar-refractivity contribution in [3.63, 3.8) is 0 Å². The first-order valence-corrected chi connectivity index (χ1v) is 9.19. The van der Waals surface area contributed by atoms with E-state index < -0.39 is 0 Å². The summed E-state index contributed by atoms with van der Waals surface area (Å²) in [5.41, 5.74) is 4.09. The van der Waals surface area contributed by atoms with E-state index in [2.05, 4.69) is 25.5 Å². The Kier molecular flexibility index (Phi) is 4.84. The third-order valence-corrected chi connectivity index (χ3v) is 4.41. The number of hydrogen-bond donors (Lipinski definition) is 1. The molecule has 0 bridgehead atoms. The molecule has 142 valence electrons. The number of fused-ring (bicyclic) bond motifs is 1. The number of carbonyl (C=O) groups excluding carboxylic acids is 1. The van der Waals surface area contributed by atoms with Gasteiger partial charge < -0.3 is 5.32 Å². The molecular weight excluding hydrogens is 354 g/mol. The van der Waals surface area contributed by atoms with Gasteiger partial charge in [-0.15, -0.1) is 0 Å². The summed E-state index contributed by atoms with van der Waals surface area (Å²) in [6.45, 7) is 4.48. The Hall–Kier alpha value is -3.55. The van der Waals surface area contributed by atoms with Gasteiger partial charge in [-0.3, -0.25) is 14.5 Å². The van der Waals surface area contributed by atoms with Crippen molar-refractivity contribution in [2.75, 3.05) is 6.54 Å². The van der Waals surface area contributed by atoms with Crippen LogP contribution in [0.5, 0.6) is 0 Å². The summed E-state index contributed by atoms with van der Waals surface area (Å²) in [7, 11) is 0. The highest BCUT2D eigenvalue weighted by Crippen LogP contribution is 2.17. The zero-order valence-corrected chi connectivity index (χ0v) is 15.8. The van der Waals surface area contributed by atoms with Gasteiger partial charge in [0.1, 0.15) is 5.69 Å². The van der Waals surface area contributed by atoms with Gasteiger partial charge in [-0.2, -0.15) is 10.2 Å². The molecule has 0 fully saturated rings. The first kappa shape index (κ1) is 17.8. The maximum Gasteiger partial charge on any atom is 0.269 e. The molecular formula is C20H21N7O. The van der Waals surface area contributed by atoms with Crippen LogP contribution in [0.1, 0.15) is 36.1 Å². The van der Waals surface area contributed by atoms with Crippen LogP contribution < -0.4 is 5.32 Å². The number of nitrogens with zero attached hydrogens (tertiary/aromatic N) is 6. The van der Waals surface area contributed by atoms with E-state index in [0.717, 1.165) is 22.6 Å². The minimum absolute atomic E-state index is 0.131. The van der Waals surface area contributed by atoms with Crippen LogP contribution in [-0.4, -0.2) is 41.8 Å². The summed E-state index contributed by atoms with van der Waals surface area (Å²) in [5.74, 6) is -0.131. The molecule has 0 atom stereocenters. The predicted octanol–water partition coefficient (Wildman–Crippen LogP) is 2.54. The lowest BCUT2D eigenvalue weighted by atomic mass is 10.2. The Bertz CT molecular complexity index is 1100. The summed E-state index contributed by atoms with van der Waals surface area (Å²) < 4.78 is 3.46. The SMILES string of the molecule is CC(C)n1nccc1C(=O)NCCc1cc2nc(-c3ccncc3)ccn2n1. The lowest BCUT2D eigenvalue weighted by Crippen LogP contribution is -2.28. The average molecular weight is 375 g/mol. The van der Waals surface area contributed by atoms with Crippen LogP contribution in [0.2, 0.25) is 0 Å².